The molecule has 3 aromatic carbocycles. The summed E-state index contributed by atoms with van der Waals surface area (Å²) in [5.74, 6) is 0.169. The van der Waals surface area contributed by atoms with Gasteiger partial charge in [0.25, 0.3) is 5.91 Å². The summed E-state index contributed by atoms with van der Waals surface area (Å²) in [6.07, 6.45) is -12.5. The minimum atomic E-state index is -6.23. The molecule has 180 valence electrons. The summed E-state index contributed by atoms with van der Waals surface area (Å²) in [5, 5.41) is 2.46. The van der Waals surface area contributed by atoms with Crippen LogP contribution in [-0.2, 0) is 5.67 Å². The molecule has 0 fully saturated rings. The summed E-state index contributed by atoms with van der Waals surface area (Å²) in [4.78, 5) is 12.7. The van der Waals surface area contributed by atoms with Crippen molar-refractivity contribution >= 4 is 11.6 Å². The van der Waals surface area contributed by atoms with Crippen LogP contribution in [0.5, 0.6) is 11.5 Å². The number of carbonyl (C=O) groups excluding carboxylic acids is 1. The summed E-state index contributed by atoms with van der Waals surface area (Å²) in [5.41, 5.74) is -7.41. The number of ether oxygens (including phenoxy) is 1. The number of amides is 1. The topological polar surface area (TPSA) is 38.3 Å². The quantitative estimate of drug-likeness (QED) is 0.377. The molecule has 1 N–H and O–H groups in total. The zero-order valence-electron chi connectivity index (χ0n) is 17.8. The van der Waals surface area contributed by atoms with E-state index in [0.717, 1.165) is 0 Å². The van der Waals surface area contributed by atoms with Crippen LogP contribution < -0.4 is 10.1 Å². The van der Waals surface area contributed by atoms with E-state index < -0.39 is 29.5 Å². The molecule has 0 aliphatic heterocycles. The van der Waals surface area contributed by atoms with Crippen LogP contribution in [0.4, 0.5) is 36.4 Å². The van der Waals surface area contributed by atoms with Crippen molar-refractivity contribution in [2.24, 2.45) is 0 Å². The average molecular weight is 485 g/mol. The van der Waals surface area contributed by atoms with Gasteiger partial charge in [-0.15, -0.1) is 0 Å². The number of carbonyl (C=O) groups is 1. The fourth-order valence-corrected chi connectivity index (χ4v) is 3.36. The van der Waals surface area contributed by atoms with Crippen LogP contribution in [0.2, 0.25) is 0 Å². The zero-order chi connectivity index (χ0) is 25.3. The van der Waals surface area contributed by atoms with E-state index >= 15 is 0 Å². The zero-order valence-corrected chi connectivity index (χ0v) is 17.8. The Bertz CT molecular complexity index is 1150. The molecule has 0 saturated carbocycles. The van der Waals surface area contributed by atoms with Crippen LogP contribution in [0, 0.1) is 13.8 Å². The van der Waals surface area contributed by atoms with Gasteiger partial charge in [-0.1, -0.05) is 36.4 Å². The van der Waals surface area contributed by atoms with E-state index in [0.29, 0.717) is 23.6 Å². The first-order valence-electron chi connectivity index (χ1n) is 9.82. The number of aryl methyl sites for hydroxylation is 2. The summed E-state index contributed by atoms with van der Waals surface area (Å²) >= 11 is 0. The lowest BCUT2D eigenvalue weighted by molar-refractivity contribution is -0.348. The Hall–Kier alpha value is -3.56. The highest BCUT2D eigenvalue weighted by Crippen LogP contribution is 2.53. The maximum atomic E-state index is 14.4. The van der Waals surface area contributed by atoms with Crippen LogP contribution >= 0.6 is 0 Å². The summed E-state index contributed by atoms with van der Waals surface area (Å²) in [7, 11) is 0. The first-order valence-corrected chi connectivity index (χ1v) is 9.82. The van der Waals surface area contributed by atoms with Crippen molar-refractivity contribution in [1.82, 2.24) is 0 Å². The second-order valence-corrected chi connectivity index (χ2v) is 7.54. The van der Waals surface area contributed by atoms with Gasteiger partial charge in [-0.25, -0.2) is 4.39 Å². The molecule has 0 unspecified atom stereocenters. The Balaban J connectivity index is 1.90. The minimum absolute atomic E-state index is 0.0326. The first-order chi connectivity index (χ1) is 15.7. The van der Waals surface area contributed by atoms with Crippen LogP contribution in [0.15, 0.2) is 66.7 Å². The van der Waals surface area contributed by atoms with Crippen molar-refractivity contribution in [3.63, 3.8) is 0 Å². The van der Waals surface area contributed by atoms with Gasteiger partial charge in [-0.2, -0.15) is 26.3 Å². The van der Waals surface area contributed by atoms with Gasteiger partial charge in [0.15, 0.2) is 0 Å². The number of rotatable bonds is 5. The van der Waals surface area contributed by atoms with E-state index in [2.05, 4.69) is 5.32 Å². The summed E-state index contributed by atoms with van der Waals surface area (Å²) in [6.45, 7) is 2.35. The summed E-state index contributed by atoms with van der Waals surface area (Å²) < 4.78 is 98.7. The molecule has 0 saturated heterocycles. The maximum absolute atomic E-state index is 14.4. The Kier molecular flexibility index (Phi) is 6.64. The van der Waals surface area contributed by atoms with Crippen LogP contribution in [0.25, 0.3) is 0 Å². The lowest BCUT2D eigenvalue weighted by atomic mass is 9.90. The second-order valence-electron chi connectivity index (χ2n) is 7.54. The molecule has 0 atom stereocenters. The molecule has 0 spiro atoms. The lowest BCUT2D eigenvalue weighted by Gasteiger charge is -2.31. The number of anilines is 1. The van der Waals surface area contributed by atoms with Crippen molar-refractivity contribution in [3.05, 3.63) is 89.0 Å². The SMILES string of the molecule is Cc1cc(C(F)(C(F)(F)F)C(F)(F)F)cc(C)c1NC(=O)c1cccc(Oc2ccccc2)c1. The second kappa shape index (κ2) is 9.00. The van der Waals surface area contributed by atoms with Gasteiger partial charge in [-0.05, 0) is 55.3 Å². The first kappa shape index (κ1) is 25.1. The maximum Gasteiger partial charge on any atom is 0.435 e. The molecule has 3 aromatic rings. The molecular weight excluding hydrogens is 467 g/mol. The normalized spacial score (nSPS) is 12.4. The van der Waals surface area contributed by atoms with Crippen molar-refractivity contribution in [3.8, 4) is 11.5 Å². The van der Waals surface area contributed by atoms with Crippen LogP contribution in [0.1, 0.15) is 27.0 Å². The van der Waals surface area contributed by atoms with Crippen molar-refractivity contribution in [1.29, 1.82) is 0 Å². The van der Waals surface area contributed by atoms with E-state index in [1.807, 2.05) is 0 Å². The number of hydrogen-bond acceptors (Lipinski definition) is 2. The summed E-state index contributed by atoms with van der Waals surface area (Å²) in [6, 6.07) is 15.6. The Morgan fingerprint density at radius 1 is 0.735 bits per heavy atom. The minimum Gasteiger partial charge on any atom is -0.457 e. The fraction of sp³-hybridized carbons (Fsp3) is 0.208. The van der Waals surface area contributed by atoms with Gasteiger partial charge in [0, 0.05) is 16.8 Å². The van der Waals surface area contributed by atoms with E-state index in [1.54, 1.807) is 42.5 Å². The molecule has 10 heteroatoms. The fourth-order valence-electron chi connectivity index (χ4n) is 3.36. The largest absolute Gasteiger partial charge is 0.457 e. The monoisotopic (exact) mass is 485 g/mol. The number of halogens is 7. The van der Waals surface area contributed by atoms with Crippen LogP contribution in [-0.4, -0.2) is 18.3 Å². The van der Waals surface area contributed by atoms with Crippen molar-refractivity contribution in [2.75, 3.05) is 5.32 Å². The molecule has 34 heavy (non-hydrogen) atoms. The van der Waals surface area contributed by atoms with Crippen LogP contribution in [0.3, 0.4) is 0 Å². The number of hydrogen-bond donors (Lipinski definition) is 1. The predicted octanol–water partition coefficient (Wildman–Crippen LogP) is 7.64. The third-order valence-corrected chi connectivity index (χ3v) is 5.03. The third-order valence-electron chi connectivity index (χ3n) is 5.03. The molecule has 0 aliphatic rings. The van der Waals surface area contributed by atoms with Gasteiger partial charge < -0.3 is 10.1 Å². The molecule has 3 rings (SSSR count). The average Bonchev–Trinajstić information content (AvgIpc) is 2.74. The van der Waals surface area contributed by atoms with Gasteiger partial charge in [0.2, 0.25) is 0 Å². The molecule has 0 aliphatic carbocycles. The smallest absolute Gasteiger partial charge is 0.435 e. The number of benzene rings is 3. The van der Waals surface area contributed by atoms with Gasteiger partial charge in [-0.3, -0.25) is 4.79 Å². The highest BCUT2D eigenvalue weighted by Gasteiger charge is 2.73. The highest BCUT2D eigenvalue weighted by molar-refractivity contribution is 6.05. The van der Waals surface area contributed by atoms with E-state index in [1.165, 1.54) is 26.0 Å². The van der Waals surface area contributed by atoms with Crippen molar-refractivity contribution < 1.29 is 40.3 Å². The lowest BCUT2D eigenvalue weighted by Crippen LogP contribution is -2.50. The van der Waals surface area contributed by atoms with E-state index in [-0.39, 0.29) is 22.4 Å². The van der Waals surface area contributed by atoms with Gasteiger partial charge in [0.05, 0.1) is 0 Å². The molecular formula is C24H18F7NO2. The van der Waals surface area contributed by atoms with Gasteiger partial charge in [0.1, 0.15) is 11.5 Å². The number of para-hydroxylation sites is 1. The van der Waals surface area contributed by atoms with E-state index in [4.69, 9.17) is 4.74 Å². The standard InChI is InChI=1S/C24H18F7NO2/c1-14-11-17(22(25,23(26,27)28)24(29,30)31)12-15(2)20(14)32-21(33)16-7-6-10-19(13-16)34-18-8-4-3-5-9-18/h3-13H,1-2H3,(H,32,33). The van der Waals surface area contributed by atoms with Gasteiger partial charge >= 0.3 is 18.0 Å². The van der Waals surface area contributed by atoms with Crippen molar-refractivity contribution in [2.45, 2.75) is 31.9 Å². The molecule has 0 aromatic heterocycles. The Labute approximate surface area is 190 Å². The third kappa shape index (κ3) is 4.85. The molecule has 0 radical (unpaired) electrons. The molecule has 0 bridgehead atoms. The Morgan fingerprint density at radius 3 is 1.79 bits per heavy atom. The predicted molar refractivity (Wildman–Crippen MR) is 112 cm³/mol. The number of alkyl halides is 7. The Morgan fingerprint density at radius 2 is 1.26 bits per heavy atom. The number of nitrogens with one attached hydrogen (secondary N) is 1. The highest BCUT2D eigenvalue weighted by atomic mass is 19.4. The molecule has 1 amide bonds. The molecule has 3 nitrogen and oxygen atoms in total. The molecule has 0 heterocycles. The van der Waals surface area contributed by atoms with E-state index in [9.17, 15) is 35.5 Å².